The van der Waals surface area contributed by atoms with E-state index in [1.807, 2.05) is 23.1 Å². The van der Waals surface area contributed by atoms with Crippen LogP contribution in [-0.2, 0) is 0 Å². The van der Waals surface area contributed by atoms with Crippen LogP contribution in [0, 0.1) is 0 Å². The van der Waals surface area contributed by atoms with Gasteiger partial charge in [-0.15, -0.1) is 0 Å². The predicted molar refractivity (Wildman–Crippen MR) is 78.4 cm³/mol. The Kier molecular flexibility index (Phi) is 3.37. The summed E-state index contributed by atoms with van der Waals surface area (Å²) in [6.45, 7) is 1.52. The van der Waals surface area contributed by atoms with Crippen molar-refractivity contribution in [3.05, 3.63) is 59.9 Å². The molecule has 2 aromatic rings. The largest absolute Gasteiger partial charge is 0.398 e. The van der Waals surface area contributed by atoms with Gasteiger partial charge in [-0.1, -0.05) is 30.3 Å². The van der Waals surface area contributed by atoms with Crippen molar-refractivity contribution in [2.45, 2.75) is 12.3 Å². The fourth-order valence-electron chi connectivity index (χ4n) is 2.70. The van der Waals surface area contributed by atoms with E-state index in [1.165, 1.54) is 5.56 Å². The van der Waals surface area contributed by atoms with Gasteiger partial charge in [0, 0.05) is 37.1 Å². The Hall–Kier alpha value is -2.36. The first kappa shape index (κ1) is 12.7. The van der Waals surface area contributed by atoms with Gasteiger partial charge in [0.15, 0.2) is 0 Å². The number of hydrogen-bond acceptors (Lipinski definition) is 3. The van der Waals surface area contributed by atoms with Crippen molar-refractivity contribution in [3.8, 4) is 0 Å². The van der Waals surface area contributed by atoms with E-state index in [-0.39, 0.29) is 5.91 Å². The smallest absolute Gasteiger partial charge is 0.257 e. The van der Waals surface area contributed by atoms with Gasteiger partial charge < -0.3 is 10.6 Å². The number of carbonyl (C=O) groups is 1. The van der Waals surface area contributed by atoms with Crippen LogP contribution in [0.5, 0.6) is 0 Å². The number of carbonyl (C=O) groups excluding carboxylic acids is 1. The first-order valence-corrected chi connectivity index (χ1v) is 6.79. The zero-order valence-corrected chi connectivity index (χ0v) is 11.2. The number of rotatable bonds is 2. The highest BCUT2D eigenvalue weighted by Gasteiger charge is 2.28. The van der Waals surface area contributed by atoms with Crippen molar-refractivity contribution >= 4 is 11.6 Å². The second-order valence-electron chi connectivity index (χ2n) is 5.11. The van der Waals surface area contributed by atoms with Crippen molar-refractivity contribution in [3.63, 3.8) is 0 Å². The van der Waals surface area contributed by atoms with Crippen LogP contribution in [0.15, 0.2) is 48.8 Å². The van der Waals surface area contributed by atoms with Gasteiger partial charge in [-0.25, -0.2) is 0 Å². The van der Waals surface area contributed by atoms with Crippen LogP contribution in [0.2, 0.25) is 0 Å². The molecule has 0 bridgehead atoms. The van der Waals surface area contributed by atoms with Crippen molar-refractivity contribution in [1.82, 2.24) is 9.88 Å². The number of aromatic nitrogens is 1. The average molecular weight is 267 g/mol. The maximum Gasteiger partial charge on any atom is 0.257 e. The van der Waals surface area contributed by atoms with E-state index in [0.29, 0.717) is 17.2 Å². The summed E-state index contributed by atoms with van der Waals surface area (Å²) in [5.41, 5.74) is 8.14. The van der Waals surface area contributed by atoms with Gasteiger partial charge >= 0.3 is 0 Å². The molecule has 1 aliphatic heterocycles. The molecule has 3 rings (SSSR count). The third kappa shape index (κ3) is 2.37. The first-order chi connectivity index (χ1) is 9.75. The Bertz CT molecular complexity index is 612. The molecule has 102 valence electrons. The highest BCUT2D eigenvalue weighted by Crippen LogP contribution is 2.28. The van der Waals surface area contributed by atoms with Crippen LogP contribution in [-0.4, -0.2) is 28.9 Å². The molecule has 0 unspecified atom stereocenters. The molecule has 20 heavy (non-hydrogen) atoms. The third-order valence-corrected chi connectivity index (χ3v) is 3.83. The normalized spacial score (nSPS) is 18.2. The number of likely N-dealkylation sites (tertiary alicyclic amines) is 1. The molecule has 0 spiro atoms. The summed E-state index contributed by atoms with van der Waals surface area (Å²) < 4.78 is 0. The molecular formula is C16H17N3O. The van der Waals surface area contributed by atoms with Crippen LogP contribution in [0.4, 0.5) is 5.69 Å². The third-order valence-electron chi connectivity index (χ3n) is 3.83. The van der Waals surface area contributed by atoms with Crippen LogP contribution < -0.4 is 5.73 Å². The summed E-state index contributed by atoms with van der Waals surface area (Å²) in [6, 6.07) is 12.0. The molecule has 0 radical (unpaired) electrons. The number of pyridine rings is 1. The number of nitrogens with two attached hydrogens (primary N) is 1. The summed E-state index contributed by atoms with van der Waals surface area (Å²) >= 11 is 0. The quantitative estimate of drug-likeness (QED) is 0.908. The van der Waals surface area contributed by atoms with Gasteiger partial charge in [-0.3, -0.25) is 9.78 Å². The first-order valence-electron chi connectivity index (χ1n) is 6.79. The number of amides is 1. The predicted octanol–water partition coefficient (Wildman–Crippen LogP) is 2.29. The van der Waals surface area contributed by atoms with Gasteiger partial charge in [0.2, 0.25) is 0 Å². The van der Waals surface area contributed by atoms with E-state index in [1.54, 1.807) is 18.5 Å². The SMILES string of the molecule is Nc1ccncc1C(=O)N1CC[C@@H](c2ccccc2)C1. The summed E-state index contributed by atoms with van der Waals surface area (Å²) in [7, 11) is 0. The summed E-state index contributed by atoms with van der Waals surface area (Å²) in [5.74, 6) is 0.395. The molecule has 1 saturated heterocycles. The van der Waals surface area contributed by atoms with Crippen LogP contribution in [0.3, 0.4) is 0 Å². The lowest BCUT2D eigenvalue weighted by molar-refractivity contribution is 0.0791. The van der Waals surface area contributed by atoms with Crippen molar-refractivity contribution in [2.75, 3.05) is 18.8 Å². The molecule has 2 heterocycles. The van der Waals surface area contributed by atoms with Crippen molar-refractivity contribution < 1.29 is 4.79 Å². The van der Waals surface area contributed by atoms with Gasteiger partial charge in [0.25, 0.3) is 5.91 Å². The van der Waals surface area contributed by atoms with Crippen LogP contribution in [0.1, 0.15) is 28.3 Å². The zero-order valence-electron chi connectivity index (χ0n) is 11.2. The highest BCUT2D eigenvalue weighted by molar-refractivity contribution is 5.98. The van der Waals surface area contributed by atoms with Gasteiger partial charge in [0.05, 0.1) is 5.56 Å². The van der Waals surface area contributed by atoms with E-state index in [9.17, 15) is 4.79 Å². The van der Waals surface area contributed by atoms with Gasteiger partial charge in [0.1, 0.15) is 0 Å². The lowest BCUT2D eigenvalue weighted by Gasteiger charge is -2.17. The molecule has 1 atom stereocenters. The molecule has 1 aromatic heterocycles. The molecule has 0 saturated carbocycles. The van der Waals surface area contributed by atoms with E-state index >= 15 is 0 Å². The summed E-state index contributed by atoms with van der Waals surface area (Å²) in [4.78, 5) is 18.3. The Labute approximate surface area is 118 Å². The van der Waals surface area contributed by atoms with E-state index in [0.717, 1.165) is 19.5 Å². The molecule has 2 N–H and O–H groups in total. The van der Waals surface area contributed by atoms with E-state index < -0.39 is 0 Å². The second-order valence-corrected chi connectivity index (χ2v) is 5.11. The van der Waals surface area contributed by atoms with E-state index in [2.05, 4.69) is 17.1 Å². The minimum absolute atomic E-state index is 0.0194. The summed E-state index contributed by atoms with van der Waals surface area (Å²) in [6.07, 6.45) is 4.15. The minimum atomic E-state index is -0.0194. The van der Waals surface area contributed by atoms with Crippen molar-refractivity contribution in [1.29, 1.82) is 0 Å². The molecule has 1 fully saturated rings. The number of nitrogens with zero attached hydrogens (tertiary/aromatic N) is 2. The second kappa shape index (κ2) is 5.33. The lowest BCUT2D eigenvalue weighted by Crippen LogP contribution is -2.29. The fraction of sp³-hybridized carbons (Fsp3) is 0.250. The number of anilines is 1. The Morgan fingerprint density at radius 3 is 2.80 bits per heavy atom. The Morgan fingerprint density at radius 2 is 2.05 bits per heavy atom. The monoisotopic (exact) mass is 267 g/mol. The molecule has 0 aliphatic carbocycles. The van der Waals surface area contributed by atoms with Gasteiger partial charge in [-0.05, 0) is 18.1 Å². The lowest BCUT2D eigenvalue weighted by atomic mass is 9.99. The Balaban J connectivity index is 1.75. The molecule has 1 amide bonds. The molecule has 4 nitrogen and oxygen atoms in total. The molecular weight excluding hydrogens is 250 g/mol. The molecule has 4 heteroatoms. The van der Waals surface area contributed by atoms with Crippen LogP contribution >= 0.6 is 0 Å². The number of benzene rings is 1. The fourth-order valence-corrected chi connectivity index (χ4v) is 2.70. The average Bonchev–Trinajstić information content (AvgIpc) is 2.98. The maximum atomic E-state index is 12.5. The maximum absolute atomic E-state index is 12.5. The van der Waals surface area contributed by atoms with E-state index in [4.69, 9.17) is 5.73 Å². The van der Waals surface area contributed by atoms with Crippen molar-refractivity contribution in [2.24, 2.45) is 0 Å². The number of hydrogen-bond donors (Lipinski definition) is 1. The van der Waals surface area contributed by atoms with Crippen LogP contribution in [0.25, 0.3) is 0 Å². The zero-order chi connectivity index (χ0) is 13.9. The van der Waals surface area contributed by atoms with Gasteiger partial charge in [-0.2, -0.15) is 0 Å². The standard InChI is InChI=1S/C16H17N3O/c17-15-6-8-18-10-14(15)16(20)19-9-7-13(11-19)12-4-2-1-3-5-12/h1-6,8,10,13H,7,9,11H2,(H2,17,18)/t13-/m1/s1. The number of nitrogen functional groups attached to an aromatic ring is 1. The highest BCUT2D eigenvalue weighted by atomic mass is 16.2. The molecule has 1 aromatic carbocycles. The summed E-state index contributed by atoms with van der Waals surface area (Å²) in [5, 5.41) is 0. The Morgan fingerprint density at radius 1 is 1.25 bits per heavy atom. The minimum Gasteiger partial charge on any atom is -0.398 e. The topological polar surface area (TPSA) is 59.2 Å². The molecule has 1 aliphatic rings.